The van der Waals surface area contributed by atoms with Gasteiger partial charge < -0.3 is 5.41 Å². The molecule has 0 radical (unpaired) electrons. The molecule has 3 nitrogen and oxygen atoms in total. The molecule has 36 valence electrons. The summed E-state index contributed by atoms with van der Waals surface area (Å²) >= 11 is 0. The van der Waals surface area contributed by atoms with Gasteiger partial charge in [-0.15, -0.1) is 0 Å². The minimum atomic E-state index is 0.441. The molecule has 1 aliphatic rings. The molecular formula is C4H5N3. The van der Waals surface area contributed by atoms with Gasteiger partial charge in [-0.05, 0) is 6.08 Å². The lowest BCUT2D eigenvalue weighted by Crippen LogP contribution is -1.96. The van der Waals surface area contributed by atoms with Crippen LogP contribution in [-0.4, -0.2) is 12.3 Å². The van der Waals surface area contributed by atoms with Crippen LogP contribution in [0.2, 0.25) is 0 Å². The number of azo groups is 1. The summed E-state index contributed by atoms with van der Waals surface area (Å²) < 4.78 is 0. The van der Waals surface area contributed by atoms with Crippen LogP contribution >= 0.6 is 0 Å². The number of nitrogens with zero attached hydrogens (tertiary/aromatic N) is 2. The first-order chi connectivity index (χ1) is 3.39. The van der Waals surface area contributed by atoms with Crippen molar-refractivity contribution in [2.24, 2.45) is 10.2 Å². The van der Waals surface area contributed by atoms with E-state index in [-0.39, 0.29) is 0 Å². The summed E-state index contributed by atoms with van der Waals surface area (Å²) in [5, 5.41) is 14.1. The van der Waals surface area contributed by atoms with Crippen molar-refractivity contribution in [3.8, 4) is 0 Å². The normalized spacial score (nSPS) is 18.0. The second-order valence-corrected chi connectivity index (χ2v) is 1.26. The molecule has 0 saturated heterocycles. The Bertz CT molecular complexity index is 134. The Labute approximate surface area is 41.3 Å². The monoisotopic (exact) mass is 95.0 g/mol. The molecule has 0 aromatic rings. The van der Waals surface area contributed by atoms with Gasteiger partial charge in [0, 0.05) is 0 Å². The minimum absolute atomic E-state index is 0.441. The summed E-state index contributed by atoms with van der Waals surface area (Å²) in [5.74, 6) is 0. The van der Waals surface area contributed by atoms with Gasteiger partial charge in [-0.1, -0.05) is 0 Å². The van der Waals surface area contributed by atoms with E-state index in [9.17, 15) is 0 Å². The summed E-state index contributed by atoms with van der Waals surface area (Å²) in [6.07, 6.45) is 3.15. The molecule has 0 unspecified atom stereocenters. The minimum Gasteiger partial charge on any atom is -0.303 e. The highest BCUT2D eigenvalue weighted by molar-refractivity contribution is 5.94. The first-order valence-corrected chi connectivity index (χ1v) is 2.00. The number of hydrogen-bond donors (Lipinski definition) is 1. The molecule has 0 fully saturated rings. The van der Waals surface area contributed by atoms with E-state index >= 15 is 0 Å². The number of rotatable bonds is 0. The third kappa shape index (κ3) is 0.924. The summed E-state index contributed by atoms with van der Waals surface area (Å²) in [5.41, 5.74) is 0.523. The molecule has 0 aromatic heterocycles. The van der Waals surface area contributed by atoms with E-state index in [1.165, 1.54) is 6.20 Å². The maximum atomic E-state index is 6.95. The molecule has 7 heavy (non-hydrogen) atoms. The van der Waals surface area contributed by atoms with Gasteiger partial charge in [-0.3, -0.25) is 0 Å². The van der Waals surface area contributed by atoms with Crippen LogP contribution in [0.1, 0.15) is 0 Å². The van der Waals surface area contributed by atoms with Gasteiger partial charge in [-0.25, -0.2) is 0 Å². The van der Waals surface area contributed by atoms with Crippen molar-refractivity contribution in [1.29, 1.82) is 5.41 Å². The van der Waals surface area contributed by atoms with Gasteiger partial charge in [0.15, 0.2) is 0 Å². The predicted molar refractivity (Wildman–Crippen MR) is 26.6 cm³/mol. The summed E-state index contributed by atoms with van der Waals surface area (Å²) in [6, 6.07) is 0. The Kier molecular flexibility index (Phi) is 0.978. The van der Waals surface area contributed by atoms with Gasteiger partial charge in [0.25, 0.3) is 0 Å². The third-order valence-corrected chi connectivity index (χ3v) is 0.665. The zero-order valence-electron chi connectivity index (χ0n) is 3.76. The second kappa shape index (κ2) is 1.64. The zero-order chi connectivity index (χ0) is 5.11. The van der Waals surface area contributed by atoms with E-state index in [1.54, 1.807) is 6.08 Å². The summed E-state index contributed by atoms with van der Waals surface area (Å²) in [6.45, 7) is 0.441. The first-order valence-electron chi connectivity index (χ1n) is 2.00. The molecule has 0 spiro atoms. The lowest BCUT2D eigenvalue weighted by molar-refractivity contribution is 1.07. The molecule has 0 amide bonds. The quantitative estimate of drug-likeness (QED) is 0.466. The average Bonchev–Trinajstić information content (AvgIpc) is 1.69. The fourth-order valence-corrected chi connectivity index (χ4v) is 0.340. The van der Waals surface area contributed by atoms with Gasteiger partial charge in [0.1, 0.15) is 6.54 Å². The summed E-state index contributed by atoms with van der Waals surface area (Å²) in [7, 11) is 0. The highest BCUT2D eigenvalue weighted by Gasteiger charge is 1.89. The molecule has 1 heterocycles. The van der Waals surface area contributed by atoms with Crippen molar-refractivity contribution < 1.29 is 0 Å². The average molecular weight is 95.1 g/mol. The maximum absolute atomic E-state index is 6.95. The Morgan fingerprint density at radius 3 is 2.86 bits per heavy atom. The van der Waals surface area contributed by atoms with E-state index in [0.717, 1.165) is 0 Å². The Morgan fingerprint density at radius 1 is 1.71 bits per heavy atom. The van der Waals surface area contributed by atoms with E-state index < -0.39 is 0 Å². The van der Waals surface area contributed by atoms with Gasteiger partial charge >= 0.3 is 0 Å². The zero-order valence-corrected chi connectivity index (χ0v) is 3.76. The lowest BCUT2D eigenvalue weighted by atomic mass is 10.3. The standard InChI is InChI=1S/C4H5N3/c5-4-1-2-6-7-3-4/h1-2,5H,3H2. The Hall–Kier alpha value is -0.990. The van der Waals surface area contributed by atoms with Gasteiger partial charge in [0.2, 0.25) is 0 Å². The molecule has 0 atom stereocenters. The molecule has 3 heteroatoms. The van der Waals surface area contributed by atoms with Crippen molar-refractivity contribution in [3.05, 3.63) is 12.3 Å². The largest absolute Gasteiger partial charge is 0.303 e. The van der Waals surface area contributed by atoms with Crippen LogP contribution < -0.4 is 0 Å². The predicted octanol–water partition coefficient (Wildman–Crippen LogP) is 0.986. The molecule has 1 aliphatic heterocycles. The van der Waals surface area contributed by atoms with E-state index in [0.29, 0.717) is 12.3 Å². The fourth-order valence-electron chi connectivity index (χ4n) is 0.340. The number of hydrogen-bond acceptors (Lipinski definition) is 3. The Morgan fingerprint density at radius 2 is 2.57 bits per heavy atom. The van der Waals surface area contributed by atoms with Crippen molar-refractivity contribution in [3.63, 3.8) is 0 Å². The Balaban J connectivity index is 2.66. The molecular weight excluding hydrogens is 90.1 g/mol. The van der Waals surface area contributed by atoms with Crippen molar-refractivity contribution in [2.75, 3.05) is 6.54 Å². The van der Waals surface area contributed by atoms with E-state index in [4.69, 9.17) is 5.41 Å². The van der Waals surface area contributed by atoms with Crippen LogP contribution in [0.3, 0.4) is 0 Å². The molecule has 1 rings (SSSR count). The molecule has 0 bridgehead atoms. The van der Waals surface area contributed by atoms with E-state index in [1.807, 2.05) is 0 Å². The van der Waals surface area contributed by atoms with Crippen LogP contribution in [-0.2, 0) is 0 Å². The van der Waals surface area contributed by atoms with Crippen LogP contribution in [0.25, 0.3) is 0 Å². The fraction of sp³-hybridized carbons (Fsp3) is 0.250. The van der Waals surface area contributed by atoms with Crippen LogP contribution in [0, 0.1) is 5.41 Å². The summed E-state index contributed by atoms with van der Waals surface area (Å²) in [4.78, 5) is 0. The van der Waals surface area contributed by atoms with Crippen molar-refractivity contribution in [1.82, 2.24) is 0 Å². The maximum Gasteiger partial charge on any atom is 0.102 e. The van der Waals surface area contributed by atoms with E-state index in [2.05, 4.69) is 10.2 Å². The first kappa shape index (κ1) is 4.18. The van der Waals surface area contributed by atoms with Crippen LogP contribution in [0.4, 0.5) is 0 Å². The smallest absolute Gasteiger partial charge is 0.102 e. The SMILES string of the molecule is N=C1C=CN=NC1. The molecule has 0 aromatic carbocycles. The molecule has 1 N–H and O–H groups in total. The second-order valence-electron chi connectivity index (χ2n) is 1.26. The molecule has 0 saturated carbocycles. The van der Waals surface area contributed by atoms with Gasteiger partial charge in [0.05, 0.1) is 11.9 Å². The van der Waals surface area contributed by atoms with Crippen molar-refractivity contribution >= 4 is 5.71 Å². The number of nitrogens with one attached hydrogen (secondary N) is 1. The van der Waals surface area contributed by atoms with Crippen molar-refractivity contribution in [2.45, 2.75) is 0 Å². The van der Waals surface area contributed by atoms with Crippen LogP contribution in [0.5, 0.6) is 0 Å². The molecule has 0 aliphatic carbocycles. The van der Waals surface area contributed by atoms with Gasteiger partial charge in [-0.2, -0.15) is 10.2 Å². The third-order valence-electron chi connectivity index (χ3n) is 0.665. The lowest BCUT2D eigenvalue weighted by Gasteiger charge is -1.91. The van der Waals surface area contributed by atoms with Crippen LogP contribution in [0.15, 0.2) is 22.5 Å². The highest BCUT2D eigenvalue weighted by atomic mass is 15.1. The highest BCUT2D eigenvalue weighted by Crippen LogP contribution is 1.89. The topological polar surface area (TPSA) is 48.6 Å².